The lowest BCUT2D eigenvalue weighted by molar-refractivity contribution is 0.0956. The molecule has 0 aliphatic heterocycles. The highest BCUT2D eigenvalue weighted by molar-refractivity contribution is 6.07. The van der Waals surface area contributed by atoms with Crippen molar-refractivity contribution in [2.75, 3.05) is 6.61 Å². The second kappa shape index (κ2) is 9.50. The lowest BCUT2D eigenvalue weighted by Gasteiger charge is -2.09. The monoisotopic (exact) mass is 407 g/mol. The normalized spacial score (nSPS) is 10.8. The molecule has 4 rings (SSSR count). The van der Waals surface area contributed by atoms with Crippen molar-refractivity contribution in [3.63, 3.8) is 0 Å². The molecule has 152 valence electrons. The Morgan fingerprint density at radius 3 is 2.52 bits per heavy atom. The van der Waals surface area contributed by atoms with E-state index >= 15 is 0 Å². The van der Waals surface area contributed by atoms with E-state index in [0.717, 1.165) is 33.5 Å². The van der Waals surface area contributed by atoms with Crippen LogP contribution >= 0.6 is 0 Å². The maximum atomic E-state index is 12.9. The van der Waals surface area contributed by atoms with Crippen LogP contribution in [-0.4, -0.2) is 23.7 Å². The fourth-order valence-electron chi connectivity index (χ4n) is 3.15. The number of carbonyl (C=O) groups excluding carboxylic acids is 1. The highest BCUT2D eigenvalue weighted by Gasteiger charge is 2.13. The number of nitrogens with zero attached hydrogens (tertiary/aromatic N) is 2. The predicted octanol–water partition coefficient (Wildman–Crippen LogP) is 5.23. The van der Waals surface area contributed by atoms with Gasteiger partial charge in [-0.1, -0.05) is 61.2 Å². The van der Waals surface area contributed by atoms with Gasteiger partial charge in [-0.05, 0) is 42.0 Å². The number of hydrazone groups is 1. The molecule has 0 radical (unpaired) electrons. The van der Waals surface area contributed by atoms with E-state index in [4.69, 9.17) is 9.72 Å². The van der Waals surface area contributed by atoms with Crippen molar-refractivity contribution in [2.45, 2.75) is 0 Å². The number of carbonyl (C=O) groups is 1. The number of nitrogens with one attached hydrogen (secondary N) is 1. The molecule has 0 atom stereocenters. The van der Waals surface area contributed by atoms with Gasteiger partial charge in [0.2, 0.25) is 0 Å². The van der Waals surface area contributed by atoms with E-state index in [0.29, 0.717) is 12.2 Å². The quantitative estimate of drug-likeness (QED) is 0.259. The number of fused-ring (bicyclic) bond motifs is 1. The van der Waals surface area contributed by atoms with Gasteiger partial charge in [0.25, 0.3) is 5.91 Å². The number of hydrogen-bond donors (Lipinski definition) is 1. The van der Waals surface area contributed by atoms with Gasteiger partial charge in [0, 0.05) is 10.9 Å². The van der Waals surface area contributed by atoms with Crippen LogP contribution in [0.5, 0.6) is 5.75 Å². The molecule has 31 heavy (non-hydrogen) atoms. The third-order valence-corrected chi connectivity index (χ3v) is 4.66. The van der Waals surface area contributed by atoms with Gasteiger partial charge in [0.1, 0.15) is 12.4 Å². The smallest absolute Gasteiger partial charge is 0.272 e. The average molecular weight is 407 g/mol. The first-order chi connectivity index (χ1) is 15.2. The van der Waals surface area contributed by atoms with Crippen LogP contribution in [0.1, 0.15) is 15.9 Å². The summed E-state index contributed by atoms with van der Waals surface area (Å²) in [4.78, 5) is 17.6. The Morgan fingerprint density at radius 2 is 1.74 bits per heavy atom. The van der Waals surface area contributed by atoms with E-state index < -0.39 is 0 Å². The van der Waals surface area contributed by atoms with Gasteiger partial charge in [0.05, 0.1) is 23.0 Å². The van der Waals surface area contributed by atoms with Crippen LogP contribution in [0.15, 0.2) is 103 Å². The molecule has 0 fully saturated rings. The minimum Gasteiger partial charge on any atom is -0.490 e. The van der Waals surface area contributed by atoms with Gasteiger partial charge in [-0.3, -0.25) is 4.79 Å². The van der Waals surface area contributed by atoms with Crippen LogP contribution in [0.2, 0.25) is 0 Å². The summed E-state index contributed by atoms with van der Waals surface area (Å²) < 4.78 is 5.46. The van der Waals surface area contributed by atoms with Gasteiger partial charge in [-0.15, -0.1) is 0 Å². The summed E-state index contributed by atoms with van der Waals surface area (Å²) in [6.45, 7) is 4.08. The van der Waals surface area contributed by atoms with Crippen LogP contribution in [0.3, 0.4) is 0 Å². The van der Waals surface area contributed by atoms with Crippen LogP contribution in [-0.2, 0) is 0 Å². The molecule has 0 saturated carbocycles. The van der Waals surface area contributed by atoms with E-state index in [1.165, 1.54) is 0 Å². The number of para-hydroxylation sites is 1. The number of benzene rings is 3. The molecule has 3 aromatic carbocycles. The molecule has 4 aromatic rings. The molecule has 0 spiro atoms. The molecule has 5 heteroatoms. The Morgan fingerprint density at radius 1 is 1.00 bits per heavy atom. The number of rotatable bonds is 7. The van der Waals surface area contributed by atoms with Crippen molar-refractivity contribution >= 4 is 23.0 Å². The molecule has 1 N–H and O–H groups in total. The van der Waals surface area contributed by atoms with Crippen molar-refractivity contribution in [3.8, 4) is 17.0 Å². The third kappa shape index (κ3) is 4.85. The summed E-state index contributed by atoms with van der Waals surface area (Å²) in [6.07, 6.45) is 3.29. The number of pyridine rings is 1. The summed E-state index contributed by atoms with van der Waals surface area (Å²) in [6, 6.07) is 26.6. The van der Waals surface area contributed by atoms with Crippen LogP contribution in [0.25, 0.3) is 22.2 Å². The molecular weight excluding hydrogens is 386 g/mol. The van der Waals surface area contributed by atoms with Gasteiger partial charge in [-0.25, -0.2) is 10.4 Å². The van der Waals surface area contributed by atoms with E-state index in [9.17, 15) is 4.79 Å². The molecule has 0 aliphatic rings. The molecule has 0 unspecified atom stereocenters. The molecule has 5 nitrogen and oxygen atoms in total. The fourth-order valence-corrected chi connectivity index (χ4v) is 3.15. The highest BCUT2D eigenvalue weighted by Crippen LogP contribution is 2.24. The molecule has 0 aliphatic carbocycles. The van der Waals surface area contributed by atoms with E-state index in [-0.39, 0.29) is 5.91 Å². The number of amides is 1. The van der Waals surface area contributed by atoms with Crippen molar-refractivity contribution < 1.29 is 9.53 Å². The van der Waals surface area contributed by atoms with Gasteiger partial charge < -0.3 is 4.74 Å². The van der Waals surface area contributed by atoms with Gasteiger partial charge >= 0.3 is 0 Å². The maximum absolute atomic E-state index is 12.9. The zero-order chi connectivity index (χ0) is 21.5. The molecule has 1 aromatic heterocycles. The zero-order valence-electron chi connectivity index (χ0n) is 16.9. The lowest BCUT2D eigenvalue weighted by atomic mass is 10.0. The van der Waals surface area contributed by atoms with E-state index in [1.807, 2.05) is 78.9 Å². The Hall–Kier alpha value is -4.25. The predicted molar refractivity (Wildman–Crippen MR) is 124 cm³/mol. The first kappa shape index (κ1) is 20.0. The van der Waals surface area contributed by atoms with Crippen molar-refractivity contribution in [2.24, 2.45) is 5.10 Å². The minimum atomic E-state index is -0.294. The largest absolute Gasteiger partial charge is 0.490 e. The molecular formula is C26H21N3O2. The SMILES string of the molecule is C=CCOc1ccc(/C=N/NC(=O)c2cc(-c3ccccc3)nc3ccccc23)cc1. The number of hydrogen-bond acceptors (Lipinski definition) is 4. The second-order valence-electron chi connectivity index (χ2n) is 6.81. The van der Waals surface area contributed by atoms with E-state index in [2.05, 4.69) is 17.1 Å². The topological polar surface area (TPSA) is 63.6 Å². The van der Waals surface area contributed by atoms with Crippen LogP contribution in [0, 0.1) is 0 Å². The lowest BCUT2D eigenvalue weighted by Crippen LogP contribution is -2.18. The van der Waals surface area contributed by atoms with Crippen LogP contribution < -0.4 is 10.2 Å². The third-order valence-electron chi connectivity index (χ3n) is 4.66. The zero-order valence-corrected chi connectivity index (χ0v) is 16.9. The summed E-state index contributed by atoms with van der Waals surface area (Å²) >= 11 is 0. The summed E-state index contributed by atoms with van der Waals surface area (Å²) in [5.41, 5.74) is 6.44. The molecule has 0 bridgehead atoms. The number of aromatic nitrogens is 1. The standard InChI is InChI=1S/C26H21N3O2/c1-2-16-31-21-14-12-19(13-15-21)18-27-29-26(30)23-17-25(20-8-4-3-5-9-20)28-24-11-7-6-10-22(23)24/h2-15,17-18H,1,16H2,(H,29,30)/b27-18+. The number of ether oxygens (including phenoxy) is 1. The van der Waals surface area contributed by atoms with Gasteiger partial charge in [0.15, 0.2) is 0 Å². The Labute approximate surface area is 180 Å². The maximum Gasteiger partial charge on any atom is 0.272 e. The molecule has 1 heterocycles. The summed E-state index contributed by atoms with van der Waals surface area (Å²) in [7, 11) is 0. The first-order valence-electron chi connectivity index (χ1n) is 9.87. The van der Waals surface area contributed by atoms with Gasteiger partial charge in [-0.2, -0.15) is 5.10 Å². The molecule has 0 saturated heterocycles. The molecule has 1 amide bonds. The highest BCUT2D eigenvalue weighted by atomic mass is 16.5. The fraction of sp³-hybridized carbons (Fsp3) is 0.0385. The Bertz CT molecular complexity index is 1230. The van der Waals surface area contributed by atoms with Crippen molar-refractivity contribution in [1.29, 1.82) is 0 Å². The van der Waals surface area contributed by atoms with Crippen LogP contribution in [0.4, 0.5) is 0 Å². The van der Waals surface area contributed by atoms with Crippen molar-refractivity contribution in [1.82, 2.24) is 10.4 Å². The Balaban J connectivity index is 1.56. The first-order valence-corrected chi connectivity index (χ1v) is 9.87. The van der Waals surface area contributed by atoms with Crippen molar-refractivity contribution in [3.05, 3.63) is 109 Å². The van der Waals surface area contributed by atoms with E-state index in [1.54, 1.807) is 18.4 Å². The average Bonchev–Trinajstić information content (AvgIpc) is 2.83. The Kier molecular flexibility index (Phi) is 6.14. The summed E-state index contributed by atoms with van der Waals surface area (Å²) in [5.74, 6) is 0.454. The summed E-state index contributed by atoms with van der Waals surface area (Å²) in [5, 5.41) is 4.89. The second-order valence-corrected chi connectivity index (χ2v) is 6.81. The minimum absolute atomic E-state index is 0.294.